The Bertz CT molecular complexity index is 461. The van der Waals surface area contributed by atoms with Crippen molar-refractivity contribution < 1.29 is 4.79 Å². The Kier molecular flexibility index (Phi) is 5.79. The minimum Gasteiger partial charge on any atom is -0.323 e. The number of likely N-dealkylation sites (tertiary alicyclic amines) is 1. The van der Waals surface area contributed by atoms with Crippen LogP contribution in [0.3, 0.4) is 0 Å². The first-order valence-corrected chi connectivity index (χ1v) is 8.18. The molecule has 2 rings (SSSR count). The Morgan fingerprint density at radius 1 is 1.38 bits per heavy atom. The molecule has 0 aromatic carbocycles. The Hall–Kier alpha value is -1.36. The van der Waals surface area contributed by atoms with Crippen LogP contribution in [0.1, 0.15) is 45.2 Å². The highest BCUT2D eigenvalue weighted by molar-refractivity contribution is 5.91. The molecule has 1 fully saturated rings. The standard InChI is InChI=1S/C16H28N4O/c1-4-8-19-9-6-14(7-10-19)11-16(21)18-15-12-17-20(5-2)13(15)3/h12,14H,4-11H2,1-3H3,(H,18,21). The summed E-state index contributed by atoms with van der Waals surface area (Å²) in [6.07, 6.45) is 5.88. The second-order valence-electron chi connectivity index (χ2n) is 6.00. The third kappa shape index (κ3) is 4.30. The zero-order chi connectivity index (χ0) is 15.2. The van der Waals surface area contributed by atoms with Crippen LogP contribution in [0.15, 0.2) is 6.20 Å². The van der Waals surface area contributed by atoms with E-state index >= 15 is 0 Å². The van der Waals surface area contributed by atoms with E-state index in [1.165, 1.54) is 13.0 Å². The fourth-order valence-electron chi connectivity index (χ4n) is 3.08. The largest absolute Gasteiger partial charge is 0.323 e. The van der Waals surface area contributed by atoms with Gasteiger partial charge in [-0.3, -0.25) is 9.48 Å². The van der Waals surface area contributed by atoms with Crippen LogP contribution in [0, 0.1) is 12.8 Å². The van der Waals surface area contributed by atoms with E-state index in [1.54, 1.807) is 6.20 Å². The van der Waals surface area contributed by atoms with Gasteiger partial charge in [-0.05, 0) is 58.7 Å². The van der Waals surface area contributed by atoms with Crippen LogP contribution in [0.4, 0.5) is 5.69 Å². The summed E-state index contributed by atoms with van der Waals surface area (Å²) in [7, 11) is 0. The molecular weight excluding hydrogens is 264 g/mol. The van der Waals surface area contributed by atoms with Crippen molar-refractivity contribution in [1.29, 1.82) is 0 Å². The zero-order valence-electron chi connectivity index (χ0n) is 13.6. The Balaban J connectivity index is 1.78. The lowest BCUT2D eigenvalue weighted by Crippen LogP contribution is -2.35. The Morgan fingerprint density at radius 2 is 2.10 bits per heavy atom. The molecular formula is C16H28N4O. The first kappa shape index (κ1) is 16.0. The number of hydrogen-bond acceptors (Lipinski definition) is 3. The predicted molar refractivity (Wildman–Crippen MR) is 85.3 cm³/mol. The third-order valence-corrected chi connectivity index (χ3v) is 4.40. The molecule has 1 aromatic rings. The monoisotopic (exact) mass is 292 g/mol. The lowest BCUT2D eigenvalue weighted by atomic mass is 9.93. The number of aromatic nitrogens is 2. The van der Waals surface area contributed by atoms with Gasteiger partial charge < -0.3 is 10.2 Å². The van der Waals surface area contributed by atoms with Crippen molar-refractivity contribution in [1.82, 2.24) is 14.7 Å². The van der Waals surface area contributed by atoms with Crippen LogP contribution < -0.4 is 5.32 Å². The summed E-state index contributed by atoms with van der Waals surface area (Å²) >= 11 is 0. The molecule has 1 aromatic heterocycles. The van der Waals surface area contributed by atoms with Gasteiger partial charge in [-0.1, -0.05) is 6.92 Å². The van der Waals surface area contributed by atoms with Crippen LogP contribution >= 0.6 is 0 Å². The lowest BCUT2D eigenvalue weighted by molar-refractivity contribution is -0.117. The van der Waals surface area contributed by atoms with E-state index in [2.05, 4.69) is 29.2 Å². The highest BCUT2D eigenvalue weighted by atomic mass is 16.1. The van der Waals surface area contributed by atoms with Crippen LogP contribution in [0.25, 0.3) is 0 Å². The maximum Gasteiger partial charge on any atom is 0.224 e. The molecule has 0 spiro atoms. The molecule has 21 heavy (non-hydrogen) atoms. The van der Waals surface area contributed by atoms with Crippen molar-refractivity contribution in [2.75, 3.05) is 25.0 Å². The van der Waals surface area contributed by atoms with Gasteiger partial charge in [-0.25, -0.2) is 0 Å². The van der Waals surface area contributed by atoms with E-state index < -0.39 is 0 Å². The fourth-order valence-corrected chi connectivity index (χ4v) is 3.08. The zero-order valence-corrected chi connectivity index (χ0v) is 13.6. The molecule has 0 atom stereocenters. The molecule has 1 saturated heterocycles. The summed E-state index contributed by atoms with van der Waals surface area (Å²) in [6, 6.07) is 0. The molecule has 118 valence electrons. The molecule has 0 radical (unpaired) electrons. The maximum atomic E-state index is 12.2. The van der Waals surface area contributed by atoms with E-state index in [0.717, 1.165) is 43.9 Å². The minimum atomic E-state index is 0.127. The number of amides is 1. The average Bonchev–Trinajstić information content (AvgIpc) is 2.82. The molecule has 1 N–H and O–H groups in total. The van der Waals surface area contributed by atoms with Gasteiger partial charge in [-0.15, -0.1) is 0 Å². The van der Waals surface area contributed by atoms with Crippen LogP contribution in [0.2, 0.25) is 0 Å². The van der Waals surface area contributed by atoms with Crippen molar-refractivity contribution >= 4 is 11.6 Å². The summed E-state index contributed by atoms with van der Waals surface area (Å²) in [6.45, 7) is 10.6. The van der Waals surface area contributed by atoms with E-state index in [9.17, 15) is 4.79 Å². The number of carbonyl (C=O) groups excluding carboxylic acids is 1. The summed E-state index contributed by atoms with van der Waals surface area (Å²) in [5, 5.41) is 7.27. The smallest absolute Gasteiger partial charge is 0.224 e. The van der Waals surface area contributed by atoms with E-state index in [0.29, 0.717) is 12.3 Å². The summed E-state index contributed by atoms with van der Waals surface area (Å²) < 4.78 is 1.90. The van der Waals surface area contributed by atoms with E-state index in [-0.39, 0.29) is 5.91 Å². The molecule has 5 nitrogen and oxygen atoms in total. The number of hydrogen-bond donors (Lipinski definition) is 1. The summed E-state index contributed by atoms with van der Waals surface area (Å²) in [5.74, 6) is 0.655. The molecule has 1 amide bonds. The number of nitrogens with zero attached hydrogens (tertiary/aromatic N) is 3. The van der Waals surface area contributed by atoms with Crippen molar-refractivity contribution in [3.05, 3.63) is 11.9 Å². The third-order valence-electron chi connectivity index (χ3n) is 4.40. The lowest BCUT2D eigenvalue weighted by Gasteiger charge is -2.31. The molecule has 5 heteroatoms. The van der Waals surface area contributed by atoms with Gasteiger partial charge in [0.25, 0.3) is 0 Å². The first-order valence-electron chi connectivity index (χ1n) is 8.18. The highest BCUT2D eigenvalue weighted by Crippen LogP contribution is 2.22. The van der Waals surface area contributed by atoms with Crippen molar-refractivity contribution in [3.8, 4) is 0 Å². The molecule has 0 aliphatic carbocycles. The molecule has 0 unspecified atom stereocenters. The van der Waals surface area contributed by atoms with Crippen molar-refractivity contribution in [3.63, 3.8) is 0 Å². The SMILES string of the molecule is CCCN1CCC(CC(=O)Nc2cnn(CC)c2C)CC1. The maximum absolute atomic E-state index is 12.2. The minimum absolute atomic E-state index is 0.127. The Labute approximate surface area is 127 Å². The fraction of sp³-hybridized carbons (Fsp3) is 0.750. The molecule has 1 aliphatic heterocycles. The van der Waals surface area contributed by atoms with Gasteiger partial charge in [0.05, 0.1) is 17.6 Å². The number of rotatable bonds is 6. The van der Waals surface area contributed by atoms with Gasteiger partial charge in [0, 0.05) is 13.0 Å². The topological polar surface area (TPSA) is 50.2 Å². The van der Waals surface area contributed by atoms with Crippen molar-refractivity contribution in [2.45, 2.75) is 53.0 Å². The summed E-state index contributed by atoms with van der Waals surface area (Å²) in [5.41, 5.74) is 1.88. The van der Waals surface area contributed by atoms with Gasteiger partial charge in [-0.2, -0.15) is 5.10 Å². The quantitative estimate of drug-likeness (QED) is 0.877. The Morgan fingerprint density at radius 3 is 2.67 bits per heavy atom. The second kappa shape index (κ2) is 7.59. The van der Waals surface area contributed by atoms with Gasteiger partial charge in [0.1, 0.15) is 0 Å². The van der Waals surface area contributed by atoms with Gasteiger partial charge in [0.15, 0.2) is 0 Å². The molecule has 2 heterocycles. The highest BCUT2D eigenvalue weighted by Gasteiger charge is 2.21. The average molecular weight is 292 g/mol. The number of aryl methyl sites for hydroxylation is 1. The van der Waals surface area contributed by atoms with Crippen LogP contribution in [0.5, 0.6) is 0 Å². The number of anilines is 1. The first-order chi connectivity index (χ1) is 10.1. The molecule has 0 bridgehead atoms. The van der Waals surface area contributed by atoms with Gasteiger partial charge in [0.2, 0.25) is 5.91 Å². The van der Waals surface area contributed by atoms with Gasteiger partial charge >= 0.3 is 0 Å². The number of nitrogens with one attached hydrogen (secondary N) is 1. The second-order valence-corrected chi connectivity index (χ2v) is 6.00. The van der Waals surface area contributed by atoms with E-state index in [1.807, 2.05) is 11.6 Å². The normalized spacial score (nSPS) is 17.1. The molecule has 0 saturated carbocycles. The number of piperidine rings is 1. The predicted octanol–water partition coefficient (Wildman–Crippen LogP) is 2.66. The number of carbonyl (C=O) groups is 1. The molecule has 1 aliphatic rings. The summed E-state index contributed by atoms with van der Waals surface area (Å²) in [4.78, 5) is 14.7. The van der Waals surface area contributed by atoms with Crippen LogP contribution in [-0.4, -0.2) is 40.2 Å². The van der Waals surface area contributed by atoms with E-state index in [4.69, 9.17) is 0 Å². The van der Waals surface area contributed by atoms with Crippen LogP contribution in [-0.2, 0) is 11.3 Å². The van der Waals surface area contributed by atoms with Crippen molar-refractivity contribution in [2.24, 2.45) is 5.92 Å².